The molecule has 6 nitrogen and oxygen atoms in total. The summed E-state index contributed by atoms with van der Waals surface area (Å²) in [5.74, 6) is 0.200. The third kappa shape index (κ3) is 5.99. The second-order valence-corrected chi connectivity index (χ2v) is 6.90. The maximum Gasteiger partial charge on any atom is 0.239 e. The van der Waals surface area contributed by atoms with Gasteiger partial charge in [0.2, 0.25) is 5.91 Å². The van der Waals surface area contributed by atoms with E-state index in [4.69, 9.17) is 5.73 Å². The molecule has 1 amide bonds. The Bertz CT molecular complexity index is 758. The van der Waals surface area contributed by atoms with Crippen LogP contribution in [0.1, 0.15) is 17.0 Å². The minimum Gasteiger partial charge on any atom is -0.508 e. The minimum atomic E-state index is -0.559. The summed E-state index contributed by atoms with van der Waals surface area (Å²) in [7, 11) is 0. The van der Waals surface area contributed by atoms with Gasteiger partial charge in [0.1, 0.15) is 5.75 Å². The van der Waals surface area contributed by atoms with Crippen molar-refractivity contribution in [3.63, 3.8) is 0 Å². The summed E-state index contributed by atoms with van der Waals surface area (Å²) in [6.45, 7) is 6.92. The zero-order chi connectivity index (χ0) is 18.7. The van der Waals surface area contributed by atoms with Crippen LogP contribution in [0.3, 0.4) is 0 Å². The molecule has 1 aliphatic heterocycles. The molecule has 1 aromatic carbocycles. The lowest BCUT2D eigenvalue weighted by atomic mass is 10.0. The van der Waals surface area contributed by atoms with Crippen LogP contribution in [-0.2, 0) is 11.2 Å². The van der Waals surface area contributed by atoms with E-state index >= 15 is 0 Å². The molecule has 1 fully saturated rings. The number of amides is 1. The normalized spacial score (nSPS) is 14.7. The molecule has 3 N–H and O–H groups in total. The van der Waals surface area contributed by atoms with Crippen LogP contribution in [0.4, 0.5) is 5.69 Å². The molecule has 1 saturated heterocycles. The summed E-state index contributed by atoms with van der Waals surface area (Å²) >= 11 is 0. The largest absolute Gasteiger partial charge is 0.508 e. The number of aryl methyl sites for hydroxylation is 2. The van der Waals surface area contributed by atoms with Crippen molar-refractivity contribution in [2.45, 2.75) is 26.3 Å². The van der Waals surface area contributed by atoms with Gasteiger partial charge in [0.05, 0.1) is 6.04 Å². The zero-order valence-corrected chi connectivity index (χ0v) is 17.8. The lowest BCUT2D eigenvalue weighted by Gasteiger charge is -2.37. The van der Waals surface area contributed by atoms with Crippen LogP contribution in [0.15, 0.2) is 36.4 Å². The Labute approximate surface area is 178 Å². The molecule has 154 valence electrons. The predicted octanol–water partition coefficient (Wildman–Crippen LogP) is 2.47. The fraction of sp³-hybridized carbons (Fsp3) is 0.400. The topological polar surface area (TPSA) is 82.7 Å². The average Bonchev–Trinajstić information content (AvgIpc) is 2.62. The van der Waals surface area contributed by atoms with E-state index in [0.29, 0.717) is 19.5 Å². The number of carbonyl (C=O) groups is 1. The number of aromatic nitrogens is 1. The number of phenols is 1. The van der Waals surface area contributed by atoms with E-state index in [2.05, 4.69) is 22.0 Å². The van der Waals surface area contributed by atoms with Crippen LogP contribution in [0.25, 0.3) is 0 Å². The molecular weight excluding hydrogens is 399 g/mol. The van der Waals surface area contributed by atoms with Gasteiger partial charge in [0.25, 0.3) is 0 Å². The molecule has 28 heavy (non-hydrogen) atoms. The highest BCUT2D eigenvalue weighted by molar-refractivity contribution is 5.85. The molecule has 1 aromatic heterocycles. The Balaban J connectivity index is 0.00000196. The van der Waals surface area contributed by atoms with Crippen molar-refractivity contribution in [2.75, 3.05) is 31.1 Å². The molecule has 0 radical (unpaired) electrons. The number of phenolic OH excluding ortho intramolecular Hbond substituents is 1. The Morgan fingerprint density at radius 3 is 2.14 bits per heavy atom. The Morgan fingerprint density at radius 2 is 1.61 bits per heavy atom. The molecule has 2 aromatic rings. The van der Waals surface area contributed by atoms with Crippen molar-refractivity contribution < 1.29 is 9.90 Å². The van der Waals surface area contributed by atoms with Crippen molar-refractivity contribution in [1.82, 2.24) is 9.88 Å². The quantitative estimate of drug-likeness (QED) is 0.784. The SMILES string of the molecule is Cc1cc(N2CCN(C(=O)[C@@H](N)Cc3ccc(O)cc3)CC2)cc(C)n1.Cl.Cl. The van der Waals surface area contributed by atoms with Gasteiger partial charge in [-0.05, 0) is 50.1 Å². The summed E-state index contributed by atoms with van der Waals surface area (Å²) in [6.07, 6.45) is 0.474. The van der Waals surface area contributed by atoms with E-state index in [1.54, 1.807) is 24.3 Å². The molecule has 1 aliphatic rings. The van der Waals surface area contributed by atoms with E-state index in [1.165, 1.54) is 0 Å². The lowest BCUT2D eigenvalue weighted by Crippen LogP contribution is -2.53. The number of pyridine rings is 1. The Kier molecular flexibility index (Phi) is 9.01. The van der Waals surface area contributed by atoms with E-state index < -0.39 is 6.04 Å². The molecule has 8 heteroatoms. The highest BCUT2D eigenvalue weighted by Crippen LogP contribution is 2.19. The standard InChI is InChI=1S/C20H26N4O2.2ClH/c1-14-11-17(12-15(2)22-14)23-7-9-24(10-8-23)20(26)19(21)13-16-3-5-18(25)6-4-16;;/h3-6,11-12,19,25H,7-10,13,21H2,1-2H3;2*1H/t19-;;/m0../s1. The first-order chi connectivity index (χ1) is 12.4. The van der Waals surface area contributed by atoms with Gasteiger partial charge < -0.3 is 20.6 Å². The monoisotopic (exact) mass is 426 g/mol. The van der Waals surface area contributed by atoms with Crippen LogP contribution in [0, 0.1) is 13.8 Å². The average molecular weight is 427 g/mol. The first-order valence-corrected chi connectivity index (χ1v) is 8.95. The maximum atomic E-state index is 12.6. The zero-order valence-electron chi connectivity index (χ0n) is 16.2. The Hall–Kier alpha value is -2.02. The van der Waals surface area contributed by atoms with Crippen LogP contribution in [0.5, 0.6) is 5.75 Å². The van der Waals surface area contributed by atoms with Crippen LogP contribution in [-0.4, -0.2) is 53.1 Å². The fourth-order valence-electron chi connectivity index (χ4n) is 3.39. The number of nitrogens with two attached hydrogens (primary N) is 1. The maximum absolute atomic E-state index is 12.6. The smallest absolute Gasteiger partial charge is 0.239 e. The van der Waals surface area contributed by atoms with Gasteiger partial charge in [0.15, 0.2) is 0 Å². The summed E-state index contributed by atoms with van der Waals surface area (Å²) < 4.78 is 0. The second kappa shape index (κ2) is 10.5. The van der Waals surface area contributed by atoms with Gasteiger partial charge >= 0.3 is 0 Å². The molecule has 0 bridgehead atoms. The minimum absolute atomic E-state index is 0. The number of aromatic hydroxyl groups is 1. The van der Waals surface area contributed by atoms with Gasteiger partial charge in [-0.2, -0.15) is 0 Å². The number of rotatable bonds is 4. The van der Waals surface area contributed by atoms with Crippen molar-refractivity contribution in [3.05, 3.63) is 53.3 Å². The van der Waals surface area contributed by atoms with E-state index in [0.717, 1.165) is 35.7 Å². The second-order valence-electron chi connectivity index (χ2n) is 6.90. The summed E-state index contributed by atoms with van der Waals surface area (Å²) in [4.78, 5) is 21.2. The van der Waals surface area contributed by atoms with Crippen molar-refractivity contribution >= 4 is 36.4 Å². The number of hydrogen-bond donors (Lipinski definition) is 2. The number of hydrogen-bond acceptors (Lipinski definition) is 5. The molecular formula is C20H28Cl2N4O2. The van der Waals surface area contributed by atoms with Gasteiger partial charge in [-0.15, -0.1) is 24.8 Å². The first-order valence-electron chi connectivity index (χ1n) is 8.95. The van der Waals surface area contributed by atoms with Crippen molar-refractivity contribution in [1.29, 1.82) is 0 Å². The molecule has 0 spiro atoms. The number of anilines is 1. The molecule has 3 rings (SSSR count). The van der Waals surface area contributed by atoms with Gasteiger partial charge in [-0.3, -0.25) is 9.78 Å². The van der Waals surface area contributed by atoms with Gasteiger partial charge in [-0.1, -0.05) is 12.1 Å². The van der Waals surface area contributed by atoms with Crippen molar-refractivity contribution in [2.24, 2.45) is 5.73 Å². The fourth-order valence-corrected chi connectivity index (χ4v) is 3.39. The van der Waals surface area contributed by atoms with Crippen LogP contribution >= 0.6 is 24.8 Å². The molecule has 1 atom stereocenters. The van der Waals surface area contributed by atoms with Crippen LogP contribution < -0.4 is 10.6 Å². The predicted molar refractivity (Wildman–Crippen MR) is 117 cm³/mol. The summed E-state index contributed by atoms with van der Waals surface area (Å²) in [5.41, 5.74) is 10.3. The van der Waals surface area contributed by atoms with Gasteiger partial charge in [-0.25, -0.2) is 0 Å². The van der Waals surface area contributed by atoms with E-state index in [-0.39, 0.29) is 36.5 Å². The van der Waals surface area contributed by atoms with Crippen LogP contribution in [0.2, 0.25) is 0 Å². The lowest BCUT2D eigenvalue weighted by molar-refractivity contribution is -0.132. The third-order valence-electron chi connectivity index (χ3n) is 4.73. The first kappa shape index (κ1) is 24.0. The molecule has 0 unspecified atom stereocenters. The van der Waals surface area contributed by atoms with E-state index in [1.807, 2.05) is 18.7 Å². The number of benzene rings is 1. The van der Waals surface area contributed by atoms with Crippen molar-refractivity contribution in [3.8, 4) is 5.75 Å². The summed E-state index contributed by atoms with van der Waals surface area (Å²) in [5, 5.41) is 9.34. The number of halogens is 2. The van der Waals surface area contributed by atoms with E-state index in [9.17, 15) is 9.90 Å². The Morgan fingerprint density at radius 1 is 1.07 bits per heavy atom. The molecule has 0 aliphatic carbocycles. The molecule has 2 heterocycles. The highest BCUT2D eigenvalue weighted by Gasteiger charge is 2.25. The third-order valence-corrected chi connectivity index (χ3v) is 4.73. The number of carbonyl (C=O) groups excluding carboxylic acids is 1. The number of nitrogens with zero attached hydrogens (tertiary/aromatic N) is 3. The summed E-state index contributed by atoms with van der Waals surface area (Å²) in [6, 6.07) is 10.4. The number of piperazine rings is 1. The molecule has 0 saturated carbocycles. The van der Waals surface area contributed by atoms with Gasteiger partial charge in [0, 0.05) is 43.3 Å². The highest BCUT2D eigenvalue weighted by atomic mass is 35.5.